The van der Waals surface area contributed by atoms with E-state index in [4.69, 9.17) is 5.73 Å². The van der Waals surface area contributed by atoms with Crippen molar-refractivity contribution in [3.63, 3.8) is 0 Å². The second-order valence-corrected chi connectivity index (χ2v) is 4.39. The van der Waals surface area contributed by atoms with Gasteiger partial charge in [-0.15, -0.1) is 0 Å². The van der Waals surface area contributed by atoms with Gasteiger partial charge in [-0.25, -0.2) is 4.39 Å². The summed E-state index contributed by atoms with van der Waals surface area (Å²) >= 11 is 0. The van der Waals surface area contributed by atoms with E-state index in [0.717, 1.165) is 23.7 Å². The quantitative estimate of drug-likeness (QED) is 0.870. The molecule has 0 fully saturated rings. The van der Waals surface area contributed by atoms with Gasteiger partial charge in [-0.05, 0) is 30.2 Å². The predicted octanol–water partition coefficient (Wildman–Crippen LogP) is 1.65. The van der Waals surface area contributed by atoms with Crippen molar-refractivity contribution in [1.29, 1.82) is 0 Å². The first-order valence-electron chi connectivity index (χ1n) is 6.36. The number of carbonyl (C=O) groups is 1. The number of halogens is 1. The van der Waals surface area contributed by atoms with Gasteiger partial charge >= 0.3 is 0 Å². The Morgan fingerprint density at radius 3 is 2.55 bits per heavy atom. The van der Waals surface area contributed by atoms with Crippen LogP contribution in [0.1, 0.15) is 21.5 Å². The third kappa shape index (κ3) is 3.61. The number of carbonyl (C=O) groups excluding carboxylic acids is 1. The third-order valence-electron chi connectivity index (χ3n) is 2.93. The minimum atomic E-state index is -0.622. The summed E-state index contributed by atoms with van der Waals surface area (Å²) in [6.07, 6.45) is 3.24. The summed E-state index contributed by atoms with van der Waals surface area (Å²) in [4.78, 5) is 15.4. The molecule has 1 amide bonds. The zero-order valence-corrected chi connectivity index (χ0v) is 11.0. The van der Waals surface area contributed by atoms with Crippen LogP contribution in [0.25, 0.3) is 0 Å². The molecule has 0 saturated carbocycles. The number of aromatic nitrogens is 1. The van der Waals surface area contributed by atoms with E-state index in [-0.39, 0.29) is 5.56 Å². The van der Waals surface area contributed by atoms with Crippen LogP contribution >= 0.6 is 0 Å². The first-order chi connectivity index (χ1) is 9.70. The van der Waals surface area contributed by atoms with E-state index >= 15 is 0 Å². The first kappa shape index (κ1) is 14.1. The molecule has 1 aromatic carbocycles. The fourth-order valence-electron chi connectivity index (χ4n) is 1.83. The molecule has 0 unspecified atom stereocenters. The van der Waals surface area contributed by atoms with E-state index in [2.05, 4.69) is 10.3 Å². The van der Waals surface area contributed by atoms with E-state index < -0.39 is 11.7 Å². The normalized spacial score (nSPS) is 10.3. The zero-order valence-electron chi connectivity index (χ0n) is 11.0. The fraction of sp³-hybridized carbons (Fsp3) is 0.200. The zero-order chi connectivity index (χ0) is 14.4. The molecule has 1 aromatic heterocycles. The molecule has 104 valence electrons. The van der Waals surface area contributed by atoms with E-state index in [1.807, 2.05) is 24.3 Å². The van der Waals surface area contributed by atoms with Crippen molar-refractivity contribution in [2.75, 3.05) is 6.54 Å². The Hall–Kier alpha value is -2.27. The summed E-state index contributed by atoms with van der Waals surface area (Å²) in [6.45, 7) is 0.959. The van der Waals surface area contributed by atoms with E-state index in [0.29, 0.717) is 13.1 Å². The number of hydrogen-bond donors (Lipinski definition) is 2. The fourth-order valence-corrected chi connectivity index (χ4v) is 1.83. The van der Waals surface area contributed by atoms with Crippen LogP contribution in [0.4, 0.5) is 4.39 Å². The summed E-state index contributed by atoms with van der Waals surface area (Å²) in [5.74, 6) is -1.07. The molecule has 0 aliphatic heterocycles. The summed E-state index contributed by atoms with van der Waals surface area (Å²) in [6, 6.07) is 9.15. The molecule has 0 radical (unpaired) electrons. The van der Waals surface area contributed by atoms with Crippen LogP contribution < -0.4 is 11.1 Å². The molecule has 3 N–H and O–H groups in total. The molecule has 0 bridgehead atoms. The van der Waals surface area contributed by atoms with Crippen molar-refractivity contribution in [2.24, 2.45) is 5.73 Å². The number of benzene rings is 1. The van der Waals surface area contributed by atoms with Crippen LogP contribution in [-0.2, 0) is 13.0 Å². The van der Waals surface area contributed by atoms with Gasteiger partial charge < -0.3 is 11.1 Å². The predicted molar refractivity (Wildman–Crippen MR) is 74.6 cm³/mol. The van der Waals surface area contributed by atoms with E-state index in [9.17, 15) is 9.18 Å². The summed E-state index contributed by atoms with van der Waals surface area (Å²) in [5.41, 5.74) is 7.59. The molecule has 0 aliphatic carbocycles. The minimum absolute atomic E-state index is 0.000230. The van der Waals surface area contributed by atoms with Gasteiger partial charge in [0.25, 0.3) is 5.91 Å². The molecule has 4 nitrogen and oxygen atoms in total. The molecule has 20 heavy (non-hydrogen) atoms. The standard InChI is InChI=1S/C15H16FN3O/c16-14-10-18-8-6-13(14)15(20)19-9-12-3-1-11(2-4-12)5-7-17/h1-4,6,8,10H,5,7,9,17H2,(H,19,20). The molecule has 5 heteroatoms. The molecular formula is C15H16FN3O. The summed E-state index contributed by atoms with van der Waals surface area (Å²) in [7, 11) is 0. The SMILES string of the molecule is NCCc1ccc(CNC(=O)c2ccncc2F)cc1. The van der Waals surface area contributed by atoms with Crippen LogP contribution in [-0.4, -0.2) is 17.4 Å². The number of nitrogens with two attached hydrogens (primary N) is 1. The Morgan fingerprint density at radius 2 is 1.90 bits per heavy atom. The molecule has 0 aliphatic rings. The summed E-state index contributed by atoms with van der Waals surface area (Å²) < 4.78 is 13.4. The maximum absolute atomic E-state index is 13.4. The lowest BCUT2D eigenvalue weighted by Gasteiger charge is -2.07. The Labute approximate surface area is 116 Å². The van der Waals surface area contributed by atoms with E-state index in [1.54, 1.807) is 0 Å². The lowest BCUT2D eigenvalue weighted by atomic mass is 10.1. The van der Waals surface area contributed by atoms with Gasteiger partial charge in [-0.1, -0.05) is 24.3 Å². The van der Waals surface area contributed by atoms with Gasteiger partial charge in [0.1, 0.15) is 0 Å². The van der Waals surface area contributed by atoms with E-state index in [1.165, 1.54) is 12.3 Å². The number of hydrogen-bond acceptors (Lipinski definition) is 3. The Kier molecular flexibility index (Phi) is 4.79. The Morgan fingerprint density at radius 1 is 1.20 bits per heavy atom. The van der Waals surface area contributed by atoms with Gasteiger partial charge in [0.2, 0.25) is 0 Å². The maximum atomic E-state index is 13.4. The number of rotatable bonds is 5. The third-order valence-corrected chi connectivity index (χ3v) is 2.93. The van der Waals surface area contributed by atoms with Crippen LogP contribution in [0, 0.1) is 5.82 Å². The van der Waals surface area contributed by atoms with Crippen molar-refractivity contribution in [1.82, 2.24) is 10.3 Å². The Bertz CT molecular complexity index is 584. The molecule has 0 spiro atoms. The van der Waals surface area contributed by atoms with Gasteiger partial charge in [-0.3, -0.25) is 9.78 Å². The lowest BCUT2D eigenvalue weighted by molar-refractivity contribution is 0.0946. The average molecular weight is 273 g/mol. The van der Waals surface area contributed by atoms with Crippen molar-refractivity contribution >= 4 is 5.91 Å². The molecule has 0 saturated heterocycles. The number of amides is 1. The average Bonchev–Trinajstić information content (AvgIpc) is 2.47. The van der Waals surface area contributed by atoms with Crippen molar-refractivity contribution in [3.05, 3.63) is 65.2 Å². The van der Waals surface area contributed by atoms with Crippen LogP contribution in [0.5, 0.6) is 0 Å². The highest BCUT2D eigenvalue weighted by atomic mass is 19.1. The maximum Gasteiger partial charge on any atom is 0.254 e. The van der Waals surface area contributed by atoms with Crippen molar-refractivity contribution in [2.45, 2.75) is 13.0 Å². The number of nitrogens with one attached hydrogen (secondary N) is 1. The highest BCUT2D eigenvalue weighted by molar-refractivity contribution is 5.94. The second kappa shape index (κ2) is 6.77. The van der Waals surface area contributed by atoms with Crippen LogP contribution in [0.2, 0.25) is 0 Å². The molecule has 0 atom stereocenters. The lowest BCUT2D eigenvalue weighted by Crippen LogP contribution is -2.23. The van der Waals surface area contributed by atoms with Gasteiger partial charge in [0.05, 0.1) is 11.8 Å². The minimum Gasteiger partial charge on any atom is -0.348 e. The number of pyridine rings is 1. The highest BCUT2D eigenvalue weighted by Gasteiger charge is 2.10. The summed E-state index contributed by atoms with van der Waals surface area (Å²) in [5, 5.41) is 2.68. The smallest absolute Gasteiger partial charge is 0.254 e. The number of nitrogens with zero attached hydrogens (tertiary/aromatic N) is 1. The second-order valence-electron chi connectivity index (χ2n) is 4.39. The van der Waals surface area contributed by atoms with Crippen LogP contribution in [0.15, 0.2) is 42.7 Å². The molecular weight excluding hydrogens is 257 g/mol. The molecule has 2 rings (SSSR count). The topological polar surface area (TPSA) is 68.0 Å². The van der Waals surface area contributed by atoms with Gasteiger partial charge in [-0.2, -0.15) is 0 Å². The molecule has 2 aromatic rings. The van der Waals surface area contributed by atoms with Crippen molar-refractivity contribution in [3.8, 4) is 0 Å². The van der Waals surface area contributed by atoms with Crippen LogP contribution in [0.3, 0.4) is 0 Å². The van der Waals surface area contributed by atoms with Gasteiger partial charge in [0.15, 0.2) is 5.82 Å². The molecule has 1 heterocycles. The van der Waals surface area contributed by atoms with Crippen molar-refractivity contribution < 1.29 is 9.18 Å². The monoisotopic (exact) mass is 273 g/mol. The van der Waals surface area contributed by atoms with Gasteiger partial charge in [0, 0.05) is 12.7 Å². The largest absolute Gasteiger partial charge is 0.348 e. The first-order valence-corrected chi connectivity index (χ1v) is 6.36. The Balaban J connectivity index is 1.95. The highest BCUT2D eigenvalue weighted by Crippen LogP contribution is 2.07.